The minimum Gasteiger partial charge on any atom is -0.465 e. The van der Waals surface area contributed by atoms with E-state index in [-0.39, 0.29) is 11.7 Å². The lowest BCUT2D eigenvalue weighted by Crippen LogP contribution is -2.29. The van der Waals surface area contributed by atoms with Gasteiger partial charge in [0.1, 0.15) is 11.7 Å². The van der Waals surface area contributed by atoms with Crippen molar-refractivity contribution in [1.82, 2.24) is 0 Å². The van der Waals surface area contributed by atoms with Crippen molar-refractivity contribution in [2.75, 3.05) is 6.61 Å². The Morgan fingerprint density at radius 3 is 2.19 bits per heavy atom. The van der Waals surface area contributed by atoms with Crippen molar-refractivity contribution >= 4 is 11.8 Å². The number of carbonyl (C=O) groups excluding carboxylic acids is 2. The van der Waals surface area contributed by atoms with Crippen molar-refractivity contribution in [3.05, 3.63) is 11.6 Å². The van der Waals surface area contributed by atoms with E-state index in [1.807, 2.05) is 19.9 Å². The quantitative estimate of drug-likeness (QED) is 0.397. The lowest BCUT2D eigenvalue weighted by Gasteiger charge is -2.15. The number of esters is 1. The van der Waals surface area contributed by atoms with E-state index in [9.17, 15) is 9.59 Å². The van der Waals surface area contributed by atoms with Gasteiger partial charge in [0.2, 0.25) is 0 Å². The summed E-state index contributed by atoms with van der Waals surface area (Å²) in [6.45, 7) is 9.56. The van der Waals surface area contributed by atoms with Crippen molar-refractivity contribution in [1.29, 1.82) is 0 Å². The first-order chi connectivity index (χ1) is 7.40. The fourth-order valence-corrected chi connectivity index (χ4v) is 1.33. The van der Waals surface area contributed by atoms with Gasteiger partial charge in [-0.2, -0.15) is 0 Å². The summed E-state index contributed by atoms with van der Waals surface area (Å²) in [6.07, 6.45) is 2.35. The largest absolute Gasteiger partial charge is 0.465 e. The van der Waals surface area contributed by atoms with Crippen molar-refractivity contribution in [3.63, 3.8) is 0 Å². The van der Waals surface area contributed by atoms with Crippen LogP contribution in [0.2, 0.25) is 0 Å². The van der Waals surface area contributed by atoms with E-state index >= 15 is 0 Å². The molecule has 0 heterocycles. The van der Waals surface area contributed by atoms with Crippen LogP contribution in [-0.2, 0) is 14.3 Å². The van der Waals surface area contributed by atoms with Crippen LogP contribution in [0.5, 0.6) is 0 Å². The zero-order chi connectivity index (χ0) is 12.7. The normalized spacial score (nSPS) is 12.1. The predicted octanol–water partition coefficient (Wildman–Crippen LogP) is 2.75. The number of hydrogen-bond acceptors (Lipinski definition) is 3. The minimum absolute atomic E-state index is 0.0454. The maximum atomic E-state index is 11.8. The van der Waals surface area contributed by atoms with Crippen LogP contribution in [0.25, 0.3) is 0 Å². The summed E-state index contributed by atoms with van der Waals surface area (Å²) in [5.41, 5.74) is 1.10. The number of ketones is 1. The molecule has 0 aromatic rings. The summed E-state index contributed by atoms with van der Waals surface area (Å²) in [5, 5.41) is 0. The van der Waals surface area contributed by atoms with Crippen LogP contribution in [0.4, 0.5) is 0 Å². The number of ether oxygens (including phenoxy) is 1. The summed E-state index contributed by atoms with van der Waals surface area (Å²) >= 11 is 0. The standard InChI is InChI=1S/C13H22O3/c1-6-16-13(15)11(8-7-9(2)3)12(14)10(4)5/h7,10-11H,6,8H2,1-5H3. The number of Topliss-reactive ketones (excluding diaryl/α,β-unsaturated/α-hetero) is 1. The number of carbonyl (C=O) groups is 2. The summed E-state index contributed by atoms with van der Waals surface area (Å²) in [7, 11) is 0. The zero-order valence-electron chi connectivity index (χ0n) is 10.9. The summed E-state index contributed by atoms with van der Waals surface area (Å²) in [4.78, 5) is 23.5. The van der Waals surface area contributed by atoms with Gasteiger partial charge < -0.3 is 4.74 Å². The van der Waals surface area contributed by atoms with Gasteiger partial charge in [-0.15, -0.1) is 0 Å². The maximum Gasteiger partial charge on any atom is 0.316 e. The molecule has 16 heavy (non-hydrogen) atoms. The molecular weight excluding hydrogens is 204 g/mol. The van der Waals surface area contributed by atoms with Crippen LogP contribution in [-0.4, -0.2) is 18.4 Å². The molecule has 1 unspecified atom stereocenters. The van der Waals surface area contributed by atoms with Gasteiger partial charge in [-0.1, -0.05) is 25.5 Å². The Morgan fingerprint density at radius 1 is 1.25 bits per heavy atom. The lowest BCUT2D eigenvalue weighted by atomic mass is 9.92. The Labute approximate surface area is 97.9 Å². The van der Waals surface area contributed by atoms with E-state index in [2.05, 4.69) is 0 Å². The molecule has 0 saturated heterocycles. The second-order valence-corrected chi connectivity index (χ2v) is 4.38. The Bertz CT molecular complexity index is 273. The molecule has 0 bridgehead atoms. The third-order valence-corrected chi connectivity index (χ3v) is 2.25. The fraction of sp³-hybridized carbons (Fsp3) is 0.692. The van der Waals surface area contributed by atoms with Crippen LogP contribution < -0.4 is 0 Å². The van der Waals surface area contributed by atoms with Crippen molar-refractivity contribution in [3.8, 4) is 0 Å². The molecule has 0 aliphatic carbocycles. The molecule has 0 aliphatic rings. The lowest BCUT2D eigenvalue weighted by molar-refractivity contribution is -0.152. The minimum atomic E-state index is -0.644. The van der Waals surface area contributed by atoms with Gasteiger partial charge in [-0.25, -0.2) is 0 Å². The van der Waals surface area contributed by atoms with E-state index in [1.54, 1.807) is 20.8 Å². The summed E-state index contributed by atoms with van der Waals surface area (Å²) in [5.74, 6) is -1.23. The van der Waals surface area contributed by atoms with Crippen LogP contribution in [0.1, 0.15) is 41.0 Å². The Balaban J connectivity index is 4.69. The average molecular weight is 226 g/mol. The van der Waals surface area contributed by atoms with Gasteiger partial charge in [-0.05, 0) is 27.2 Å². The average Bonchev–Trinajstić information content (AvgIpc) is 2.17. The van der Waals surface area contributed by atoms with Gasteiger partial charge in [0.15, 0.2) is 0 Å². The second kappa shape index (κ2) is 7.20. The van der Waals surface area contributed by atoms with E-state index in [1.165, 1.54) is 0 Å². The first kappa shape index (κ1) is 14.9. The summed E-state index contributed by atoms with van der Waals surface area (Å²) < 4.78 is 4.92. The SMILES string of the molecule is CCOC(=O)C(CC=C(C)C)C(=O)C(C)C. The highest BCUT2D eigenvalue weighted by molar-refractivity contribution is 6.00. The van der Waals surface area contributed by atoms with Crippen molar-refractivity contribution < 1.29 is 14.3 Å². The maximum absolute atomic E-state index is 11.8. The molecule has 0 radical (unpaired) electrons. The molecule has 0 N–H and O–H groups in total. The number of allylic oxidation sites excluding steroid dienone is 2. The van der Waals surface area contributed by atoms with E-state index in [0.717, 1.165) is 5.57 Å². The first-order valence-electron chi connectivity index (χ1n) is 5.73. The smallest absolute Gasteiger partial charge is 0.316 e. The Hall–Kier alpha value is -1.12. The van der Waals surface area contributed by atoms with Crippen molar-refractivity contribution in [2.45, 2.75) is 41.0 Å². The predicted molar refractivity (Wildman–Crippen MR) is 64.0 cm³/mol. The molecule has 0 aliphatic heterocycles. The molecule has 1 atom stereocenters. The number of rotatable bonds is 6. The zero-order valence-corrected chi connectivity index (χ0v) is 10.9. The fourth-order valence-electron chi connectivity index (χ4n) is 1.33. The van der Waals surface area contributed by atoms with Crippen LogP contribution in [0.15, 0.2) is 11.6 Å². The van der Waals surface area contributed by atoms with Gasteiger partial charge in [0.25, 0.3) is 0 Å². The monoisotopic (exact) mass is 226 g/mol. The second-order valence-electron chi connectivity index (χ2n) is 4.38. The highest BCUT2D eigenvalue weighted by Crippen LogP contribution is 2.15. The number of hydrogen-bond donors (Lipinski definition) is 0. The van der Waals surface area contributed by atoms with E-state index < -0.39 is 11.9 Å². The van der Waals surface area contributed by atoms with Crippen molar-refractivity contribution in [2.24, 2.45) is 11.8 Å². The summed E-state index contributed by atoms with van der Waals surface area (Å²) in [6, 6.07) is 0. The van der Waals surface area contributed by atoms with Crippen LogP contribution in [0, 0.1) is 11.8 Å². The molecule has 0 amide bonds. The van der Waals surface area contributed by atoms with Crippen LogP contribution >= 0.6 is 0 Å². The molecule has 0 aromatic heterocycles. The molecule has 3 heteroatoms. The highest BCUT2D eigenvalue weighted by atomic mass is 16.5. The van der Waals surface area contributed by atoms with E-state index in [4.69, 9.17) is 4.74 Å². The third-order valence-electron chi connectivity index (χ3n) is 2.25. The van der Waals surface area contributed by atoms with Gasteiger partial charge in [0.05, 0.1) is 6.61 Å². The Kier molecular flexibility index (Phi) is 6.70. The molecule has 0 spiro atoms. The first-order valence-corrected chi connectivity index (χ1v) is 5.73. The van der Waals surface area contributed by atoms with Crippen LogP contribution in [0.3, 0.4) is 0 Å². The molecule has 92 valence electrons. The highest BCUT2D eigenvalue weighted by Gasteiger charge is 2.28. The third kappa shape index (κ3) is 5.10. The molecule has 0 aromatic carbocycles. The molecule has 0 fully saturated rings. The van der Waals surface area contributed by atoms with Gasteiger partial charge in [-0.3, -0.25) is 9.59 Å². The molecular formula is C13H22O3. The topological polar surface area (TPSA) is 43.4 Å². The van der Waals surface area contributed by atoms with Gasteiger partial charge in [0, 0.05) is 5.92 Å². The molecule has 0 saturated carbocycles. The Morgan fingerprint density at radius 2 is 1.81 bits per heavy atom. The molecule has 3 nitrogen and oxygen atoms in total. The molecule has 0 rings (SSSR count). The van der Waals surface area contributed by atoms with Gasteiger partial charge >= 0.3 is 5.97 Å². The van der Waals surface area contributed by atoms with E-state index in [0.29, 0.717) is 13.0 Å².